The molecule has 0 unspecified atom stereocenters. The van der Waals surface area contributed by atoms with Crippen molar-refractivity contribution >= 4 is 5.91 Å². The fourth-order valence-corrected chi connectivity index (χ4v) is 0.327. The lowest BCUT2D eigenvalue weighted by Crippen LogP contribution is -2.30. The highest BCUT2D eigenvalue weighted by molar-refractivity contribution is 5.77. The predicted octanol–water partition coefficient (Wildman–Crippen LogP) is -0.0220. The Hall–Kier alpha value is -0.570. The van der Waals surface area contributed by atoms with Crippen molar-refractivity contribution in [3.8, 4) is 0 Å². The highest BCUT2D eigenvalue weighted by atomic mass is 16.1. The topological polar surface area (TPSA) is 41.1 Å². The van der Waals surface area contributed by atoms with Gasteiger partial charge in [-0.1, -0.05) is 14.4 Å². The molecule has 0 bridgehead atoms. The Labute approximate surface area is 56.8 Å². The number of carbonyl (C=O) groups excluding carboxylic acids is 1. The second kappa shape index (κ2) is 7.43. The maximum absolute atomic E-state index is 10.4. The van der Waals surface area contributed by atoms with Crippen molar-refractivity contribution in [1.29, 1.82) is 0 Å². The third-order valence-electron chi connectivity index (χ3n) is 0.814. The van der Waals surface area contributed by atoms with Crippen LogP contribution >= 0.6 is 0 Å². The summed E-state index contributed by atoms with van der Waals surface area (Å²) in [7, 11) is 1.62. The molecule has 0 rings (SSSR count). The Balaban J connectivity index is 0. The molecule has 0 radical (unpaired) electrons. The molecule has 0 fully saturated rings. The lowest BCUT2D eigenvalue weighted by atomic mass is 10.6. The van der Waals surface area contributed by atoms with E-state index < -0.39 is 0 Å². The first-order valence-corrected chi connectivity index (χ1v) is 2.72. The summed E-state index contributed by atoms with van der Waals surface area (Å²) in [6, 6.07) is 0. The van der Waals surface area contributed by atoms with Crippen LogP contribution in [0.15, 0.2) is 0 Å². The Morgan fingerprint density at radius 3 is 2.44 bits per heavy atom. The molecule has 0 saturated carbocycles. The smallest absolute Gasteiger partial charge is 0.233 e. The van der Waals surface area contributed by atoms with E-state index in [9.17, 15) is 4.79 Å². The maximum Gasteiger partial charge on any atom is 0.233 e. The summed E-state index contributed by atoms with van der Waals surface area (Å²) >= 11 is 0. The van der Waals surface area contributed by atoms with Crippen LogP contribution in [0.3, 0.4) is 0 Å². The van der Waals surface area contributed by atoms with Crippen molar-refractivity contribution in [2.75, 3.05) is 20.1 Å². The van der Waals surface area contributed by atoms with Gasteiger partial charge in [-0.3, -0.25) is 4.79 Å². The van der Waals surface area contributed by atoms with Gasteiger partial charge >= 0.3 is 0 Å². The van der Waals surface area contributed by atoms with Gasteiger partial charge in [0, 0.05) is 7.05 Å². The quantitative estimate of drug-likeness (QED) is 0.566. The third kappa shape index (κ3) is 7.43. The summed E-state index contributed by atoms with van der Waals surface area (Å²) in [4.78, 5) is 10.4. The maximum atomic E-state index is 10.4. The summed E-state index contributed by atoms with van der Waals surface area (Å²) < 4.78 is 0. The number of likely N-dealkylation sites (N-methyl/N-ethyl adjacent to an activating group) is 2. The molecule has 0 aliphatic rings. The van der Waals surface area contributed by atoms with Crippen molar-refractivity contribution in [1.82, 2.24) is 10.6 Å². The molecule has 0 saturated heterocycles. The molecular formula is C6H16N2O. The number of hydrogen-bond donors (Lipinski definition) is 2. The minimum absolute atomic E-state index is 0. The first-order valence-electron chi connectivity index (χ1n) is 2.72. The molecule has 0 aromatic rings. The minimum Gasteiger partial charge on any atom is -0.358 e. The van der Waals surface area contributed by atoms with Gasteiger partial charge in [-0.15, -0.1) is 0 Å². The minimum atomic E-state index is 0. The number of rotatable bonds is 3. The van der Waals surface area contributed by atoms with Crippen LogP contribution in [0.5, 0.6) is 0 Å². The zero-order valence-electron chi connectivity index (χ0n) is 5.32. The average molecular weight is 132 g/mol. The molecule has 0 aliphatic heterocycles. The van der Waals surface area contributed by atoms with Gasteiger partial charge in [-0.05, 0) is 6.54 Å². The van der Waals surface area contributed by atoms with Crippen molar-refractivity contribution < 1.29 is 4.79 Å². The van der Waals surface area contributed by atoms with Crippen LogP contribution in [-0.4, -0.2) is 26.0 Å². The van der Waals surface area contributed by atoms with Crippen LogP contribution in [0.1, 0.15) is 14.4 Å². The zero-order chi connectivity index (χ0) is 6.41. The fourth-order valence-electron chi connectivity index (χ4n) is 0.327. The molecule has 56 valence electrons. The summed E-state index contributed by atoms with van der Waals surface area (Å²) in [6.07, 6.45) is 0. The summed E-state index contributed by atoms with van der Waals surface area (Å²) in [5.74, 6) is 0.0341. The highest BCUT2D eigenvalue weighted by Gasteiger charge is 1.91. The lowest BCUT2D eigenvalue weighted by molar-refractivity contribution is -0.119. The number of nitrogens with one attached hydrogen (secondary N) is 2. The molecule has 0 atom stereocenters. The summed E-state index contributed by atoms with van der Waals surface area (Å²) in [5, 5.41) is 5.39. The van der Waals surface area contributed by atoms with E-state index in [0.29, 0.717) is 6.54 Å². The van der Waals surface area contributed by atoms with E-state index in [0.717, 1.165) is 6.54 Å². The molecule has 0 aliphatic carbocycles. The van der Waals surface area contributed by atoms with Crippen molar-refractivity contribution in [2.45, 2.75) is 14.4 Å². The summed E-state index contributed by atoms with van der Waals surface area (Å²) in [5.41, 5.74) is 0. The first kappa shape index (κ1) is 11.3. The molecule has 0 aromatic heterocycles. The molecule has 1 amide bonds. The Bertz CT molecular complexity index is 73.5. The van der Waals surface area contributed by atoms with Gasteiger partial charge in [0.25, 0.3) is 0 Å². The van der Waals surface area contributed by atoms with E-state index >= 15 is 0 Å². The van der Waals surface area contributed by atoms with Crippen molar-refractivity contribution in [3.05, 3.63) is 0 Å². The van der Waals surface area contributed by atoms with Crippen molar-refractivity contribution in [3.63, 3.8) is 0 Å². The third-order valence-corrected chi connectivity index (χ3v) is 0.814. The average Bonchev–Trinajstić information content (AvgIpc) is 1.83. The monoisotopic (exact) mass is 132 g/mol. The second-order valence-electron chi connectivity index (χ2n) is 1.45. The van der Waals surface area contributed by atoms with Crippen molar-refractivity contribution in [2.24, 2.45) is 0 Å². The second-order valence-corrected chi connectivity index (χ2v) is 1.45. The SMILES string of the molecule is C.CCNCC(=O)NC. The van der Waals surface area contributed by atoms with Crippen LogP contribution < -0.4 is 10.6 Å². The van der Waals surface area contributed by atoms with Gasteiger partial charge < -0.3 is 10.6 Å². The molecule has 0 spiro atoms. The summed E-state index contributed by atoms with van der Waals surface area (Å²) in [6.45, 7) is 3.23. The molecule has 3 nitrogen and oxygen atoms in total. The van der Waals surface area contributed by atoms with Gasteiger partial charge in [0.1, 0.15) is 0 Å². The highest BCUT2D eigenvalue weighted by Crippen LogP contribution is 1.57. The fraction of sp³-hybridized carbons (Fsp3) is 0.833. The standard InChI is InChI=1S/C5H12N2O.CH4/c1-3-7-4-5(8)6-2;/h7H,3-4H2,1-2H3,(H,6,8);1H4. The number of amides is 1. The molecule has 0 heterocycles. The molecule has 9 heavy (non-hydrogen) atoms. The van der Waals surface area contributed by atoms with Gasteiger partial charge in [0.2, 0.25) is 5.91 Å². The zero-order valence-corrected chi connectivity index (χ0v) is 5.32. The Morgan fingerprint density at radius 1 is 1.56 bits per heavy atom. The largest absolute Gasteiger partial charge is 0.358 e. The van der Waals surface area contributed by atoms with Gasteiger partial charge in [0.05, 0.1) is 6.54 Å². The molecular weight excluding hydrogens is 116 g/mol. The van der Waals surface area contributed by atoms with Crippen LogP contribution in [-0.2, 0) is 4.79 Å². The van der Waals surface area contributed by atoms with Gasteiger partial charge in [-0.2, -0.15) is 0 Å². The van der Waals surface area contributed by atoms with Crippen LogP contribution in [0.25, 0.3) is 0 Å². The van der Waals surface area contributed by atoms with E-state index in [1.54, 1.807) is 7.05 Å². The van der Waals surface area contributed by atoms with E-state index in [-0.39, 0.29) is 13.3 Å². The Kier molecular flexibility index (Phi) is 9.29. The van der Waals surface area contributed by atoms with E-state index in [1.165, 1.54) is 0 Å². The van der Waals surface area contributed by atoms with Crippen LogP contribution in [0.2, 0.25) is 0 Å². The molecule has 3 heteroatoms. The molecule has 2 N–H and O–H groups in total. The first-order chi connectivity index (χ1) is 3.81. The molecule has 0 aromatic carbocycles. The normalized spacial score (nSPS) is 7.78. The number of carbonyl (C=O) groups is 1. The van der Waals surface area contributed by atoms with Gasteiger partial charge in [-0.25, -0.2) is 0 Å². The van der Waals surface area contributed by atoms with Crippen LogP contribution in [0.4, 0.5) is 0 Å². The van der Waals surface area contributed by atoms with Gasteiger partial charge in [0.15, 0.2) is 0 Å². The van der Waals surface area contributed by atoms with E-state index in [4.69, 9.17) is 0 Å². The Morgan fingerprint density at radius 2 is 2.11 bits per heavy atom. The van der Waals surface area contributed by atoms with E-state index in [2.05, 4.69) is 10.6 Å². The number of hydrogen-bond acceptors (Lipinski definition) is 2. The van der Waals surface area contributed by atoms with Crippen LogP contribution in [0, 0.1) is 0 Å². The predicted molar refractivity (Wildman–Crippen MR) is 39.3 cm³/mol. The lowest BCUT2D eigenvalue weighted by Gasteiger charge is -1.97. The van der Waals surface area contributed by atoms with E-state index in [1.807, 2.05) is 6.92 Å².